The summed E-state index contributed by atoms with van der Waals surface area (Å²) < 4.78 is 5.31. The molecule has 1 N–H and O–H groups in total. The van der Waals surface area contributed by atoms with Gasteiger partial charge in [-0.05, 0) is 44.1 Å². The Labute approximate surface area is 173 Å². The fourth-order valence-electron chi connectivity index (χ4n) is 3.40. The van der Waals surface area contributed by atoms with E-state index in [1.807, 2.05) is 6.07 Å². The Kier molecular flexibility index (Phi) is 5.74. The number of amides is 1. The van der Waals surface area contributed by atoms with Gasteiger partial charge in [0.2, 0.25) is 0 Å². The van der Waals surface area contributed by atoms with Gasteiger partial charge in [0, 0.05) is 22.2 Å². The highest BCUT2D eigenvalue weighted by Gasteiger charge is 2.20. The minimum atomic E-state index is -0.439. The largest absolute Gasteiger partial charge is 0.359 e. The summed E-state index contributed by atoms with van der Waals surface area (Å²) in [5.74, 6) is -0.0159. The molecule has 0 unspecified atom stereocenters. The van der Waals surface area contributed by atoms with E-state index in [0.717, 1.165) is 13.1 Å². The molecule has 0 atom stereocenters. The molecule has 1 saturated heterocycles. The molecule has 1 aliphatic rings. The van der Waals surface area contributed by atoms with Crippen LogP contribution in [0.4, 0.5) is 5.69 Å². The lowest BCUT2D eigenvalue weighted by atomic mass is 10.0. The summed E-state index contributed by atoms with van der Waals surface area (Å²) in [7, 11) is 0. The first-order chi connectivity index (χ1) is 14.1. The minimum Gasteiger partial charge on any atom is -0.359 e. The van der Waals surface area contributed by atoms with Gasteiger partial charge in [0.25, 0.3) is 5.91 Å². The molecule has 0 saturated carbocycles. The Morgan fingerprint density at radius 3 is 2.59 bits per heavy atom. The zero-order valence-electron chi connectivity index (χ0n) is 15.7. The molecular formula is C22H20ClN3O3. The predicted octanol–water partition coefficient (Wildman–Crippen LogP) is 4.41. The third-order valence-corrected chi connectivity index (χ3v) is 5.12. The Hall–Kier alpha value is -2.96. The third kappa shape index (κ3) is 4.55. The van der Waals surface area contributed by atoms with Crippen molar-refractivity contribution in [3.63, 3.8) is 0 Å². The number of likely N-dealkylation sites (tertiary alicyclic amines) is 1. The average molecular weight is 410 g/mol. The molecule has 148 valence electrons. The van der Waals surface area contributed by atoms with E-state index in [1.54, 1.807) is 48.5 Å². The van der Waals surface area contributed by atoms with Gasteiger partial charge in [-0.1, -0.05) is 47.1 Å². The van der Waals surface area contributed by atoms with Crippen molar-refractivity contribution in [2.24, 2.45) is 0 Å². The molecule has 1 amide bonds. The molecule has 29 heavy (non-hydrogen) atoms. The van der Waals surface area contributed by atoms with Crippen LogP contribution in [0.1, 0.15) is 45.0 Å². The van der Waals surface area contributed by atoms with Crippen LogP contribution in [0.15, 0.2) is 59.1 Å². The topological polar surface area (TPSA) is 75.4 Å². The number of halogens is 1. The van der Waals surface area contributed by atoms with Gasteiger partial charge in [-0.25, -0.2) is 0 Å². The molecule has 1 fully saturated rings. The van der Waals surface area contributed by atoms with Crippen LogP contribution in [-0.4, -0.2) is 34.8 Å². The molecule has 0 aliphatic carbocycles. The van der Waals surface area contributed by atoms with Gasteiger partial charge in [-0.3, -0.25) is 14.5 Å². The van der Waals surface area contributed by atoms with Crippen molar-refractivity contribution in [1.29, 1.82) is 0 Å². The molecule has 3 aromatic rings. The number of hydrogen-bond acceptors (Lipinski definition) is 5. The standard InChI is InChI=1S/C22H20ClN3O3/c23-16-8-9-19(18(12-16)21(27)15-6-2-1-3-7-15)24-22(28)20-13-17(29-25-20)14-26-10-4-5-11-26/h1-3,6-9,12-13H,4-5,10-11,14H2,(H,24,28). The van der Waals surface area contributed by atoms with Crippen LogP contribution in [0.5, 0.6) is 0 Å². The average Bonchev–Trinajstić information content (AvgIpc) is 3.42. The van der Waals surface area contributed by atoms with Gasteiger partial charge in [0.15, 0.2) is 17.2 Å². The maximum Gasteiger partial charge on any atom is 0.277 e. The van der Waals surface area contributed by atoms with Crippen molar-refractivity contribution in [1.82, 2.24) is 10.1 Å². The van der Waals surface area contributed by atoms with Crippen LogP contribution in [0.3, 0.4) is 0 Å². The van der Waals surface area contributed by atoms with E-state index in [1.165, 1.54) is 12.8 Å². The lowest BCUT2D eigenvalue weighted by Crippen LogP contribution is -2.18. The molecule has 0 radical (unpaired) electrons. The highest BCUT2D eigenvalue weighted by molar-refractivity contribution is 6.31. The number of nitrogens with zero attached hydrogens (tertiary/aromatic N) is 2. The van der Waals surface area contributed by atoms with Crippen molar-refractivity contribution >= 4 is 29.0 Å². The van der Waals surface area contributed by atoms with Crippen molar-refractivity contribution in [2.45, 2.75) is 19.4 Å². The molecule has 0 spiro atoms. The van der Waals surface area contributed by atoms with E-state index >= 15 is 0 Å². The summed E-state index contributed by atoms with van der Waals surface area (Å²) in [5, 5.41) is 7.05. The monoisotopic (exact) mass is 409 g/mol. The Morgan fingerprint density at radius 2 is 1.83 bits per heavy atom. The SMILES string of the molecule is O=C(Nc1ccc(Cl)cc1C(=O)c1ccccc1)c1cc(CN2CCCC2)on1. The Bertz CT molecular complexity index is 1030. The zero-order chi connectivity index (χ0) is 20.2. The first kappa shape index (κ1) is 19.4. The molecule has 0 bridgehead atoms. The predicted molar refractivity (Wildman–Crippen MR) is 110 cm³/mol. The number of nitrogens with one attached hydrogen (secondary N) is 1. The summed E-state index contributed by atoms with van der Waals surface area (Å²) in [5.41, 5.74) is 1.38. The molecule has 7 heteroatoms. The van der Waals surface area contributed by atoms with Crippen LogP contribution in [0, 0.1) is 0 Å². The van der Waals surface area contributed by atoms with Crippen LogP contribution >= 0.6 is 11.6 Å². The van der Waals surface area contributed by atoms with Crippen molar-refractivity contribution < 1.29 is 14.1 Å². The molecule has 1 aromatic heterocycles. The van der Waals surface area contributed by atoms with Crippen LogP contribution < -0.4 is 5.32 Å². The van der Waals surface area contributed by atoms with Gasteiger partial charge in [0.1, 0.15) is 0 Å². The number of hydrogen-bond donors (Lipinski definition) is 1. The fourth-order valence-corrected chi connectivity index (χ4v) is 3.57. The zero-order valence-corrected chi connectivity index (χ0v) is 16.5. The summed E-state index contributed by atoms with van der Waals surface area (Å²) in [6.07, 6.45) is 2.35. The molecule has 6 nitrogen and oxygen atoms in total. The number of ketones is 1. The quantitative estimate of drug-likeness (QED) is 0.610. The van der Waals surface area contributed by atoms with Crippen molar-refractivity contribution in [3.05, 3.63) is 82.2 Å². The summed E-state index contributed by atoms with van der Waals surface area (Å²) in [6.45, 7) is 2.69. The summed E-state index contributed by atoms with van der Waals surface area (Å²) in [4.78, 5) is 27.8. The molecule has 4 rings (SSSR count). The van der Waals surface area contributed by atoms with Gasteiger partial charge in [-0.15, -0.1) is 0 Å². The van der Waals surface area contributed by atoms with Gasteiger partial charge in [-0.2, -0.15) is 0 Å². The number of aromatic nitrogens is 1. The molecule has 2 heterocycles. The van der Waals surface area contributed by atoms with E-state index < -0.39 is 5.91 Å². The van der Waals surface area contributed by atoms with E-state index in [2.05, 4.69) is 15.4 Å². The van der Waals surface area contributed by atoms with Crippen LogP contribution in [-0.2, 0) is 6.54 Å². The highest BCUT2D eigenvalue weighted by atomic mass is 35.5. The first-order valence-corrected chi connectivity index (χ1v) is 9.86. The third-order valence-electron chi connectivity index (χ3n) is 4.88. The van der Waals surface area contributed by atoms with E-state index in [4.69, 9.17) is 16.1 Å². The Balaban J connectivity index is 1.52. The number of anilines is 1. The summed E-state index contributed by atoms with van der Waals surface area (Å²) >= 11 is 6.09. The van der Waals surface area contributed by atoms with Crippen molar-refractivity contribution in [2.75, 3.05) is 18.4 Å². The smallest absolute Gasteiger partial charge is 0.277 e. The fraction of sp³-hybridized carbons (Fsp3) is 0.227. The normalized spacial score (nSPS) is 14.1. The minimum absolute atomic E-state index is 0.173. The first-order valence-electron chi connectivity index (χ1n) is 9.49. The van der Waals surface area contributed by atoms with Crippen LogP contribution in [0.2, 0.25) is 5.02 Å². The lowest BCUT2D eigenvalue weighted by molar-refractivity contribution is 0.101. The molecule has 1 aliphatic heterocycles. The molecular weight excluding hydrogens is 390 g/mol. The van der Waals surface area contributed by atoms with Gasteiger partial charge >= 0.3 is 0 Å². The number of rotatable bonds is 6. The van der Waals surface area contributed by atoms with E-state index in [-0.39, 0.29) is 11.5 Å². The maximum absolute atomic E-state index is 12.9. The molecule has 2 aromatic carbocycles. The number of benzene rings is 2. The second kappa shape index (κ2) is 8.59. The van der Waals surface area contributed by atoms with Gasteiger partial charge in [0.05, 0.1) is 12.2 Å². The number of carbonyl (C=O) groups excluding carboxylic acids is 2. The highest BCUT2D eigenvalue weighted by Crippen LogP contribution is 2.24. The van der Waals surface area contributed by atoms with E-state index in [0.29, 0.717) is 34.1 Å². The number of carbonyl (C=O) groups is 2. The van der Waals surface area contributed by atoms with E-state index in [9.17, 15) is 9.59 Å². The maximum atomic E-state index is 12.9. The second-order valence-electron chi connectivity index (χ2n) is 7.00. The van der Waals surface area contributed by atoms with Crippen LogP contribution in [0.25, 0.3) is 0 Å². The second-order valence-corrected chi connectivity index (χ2v) is 7.44. The van der Waals surface area contributed by atoms with Gasteiger partial charge < -0.3 is 9.84 Å². The summed E-state index contributed by atoms with van der Waals surface area (Å²) in [6, 6.07) is 15.3. The lowest BCUT2D eigenvalue weighted by Gasteiger charge is -2.11. The van der Waals surface area contributed by atoms with Crippen molar-refractivity contribution in [3.8, 4) is 0 Å². The Morgan fingerprint density at radius 1 is 1.07 bits per heavy atom.